The third-order valence-electron chi connectivity index (χ3n) is 4.40. The first-order chi connectivity index (χ1) is 15.2. The predicted molar refractivity (Wildman–Crippen MR) is 125 cm³/mol. The molecule has 0 aliphatic rings. The van der Waals surface area contributed by atoms with Gasteiger partial charge in [0.05, 0.1) is 4.92 Å². The van der Waals surface area contributed by atoms with E-state index in [0.29, 0.717) is 21.3 Å². The van der Waals surface area contributed by atoms with Gasteiger partial charge in [-0.2, -0.15) is 0 Å². The van der Waals surface area contributed by atoms with E-state index in [1.54, 1.807) is 42.5 Å². The second kappa shape index (κ2) is 10.1. The molecule has 9 heteroatoms. The summed E-state index contributed by atoms with van der Waals surface area (Å²) in [6.45, 7) is 1.83. The number of carbonyl (C=O) groups is 2. The molecule has 0 aromatic heterocycles. The Morgan fingerprint density at radius 3 is 2.44 bits per heavy atom. The normalized spacial score (nSPS) is 11.0. The topological polar surface area (TPSA) is 101 Å². The maximum Gasteiger partial charge on any atom is 0.272 e. The molecule has 0 aliphatic heterocycles. The maximum atomic E-state index is 13.0. The highest BCUT2D eigenvalue weighted by atomic mass is 35.5. The smallest absolute Gasteiger partial charge is 0.272 e. The lowest BCUT2D eigenvalue weighted by Gasteiger charge is -2.12. The number of rotatable bonds is 6. The molecule has 2 N–H and O–H groups in total. The van der Waals surface area contributed by atoms with Gasteiger partial charge in [0.2, 0.25) is 0 Å². The number of non-ortho nitro benzene ring substituents is 1. The number of halogens is 2. The molecule has 162 valence electrons. The van der Waals surface area contributed by atoms with Gasteiger partial charge in [-0.05, 0) is 54.5 Å². The summed E-state index contributed by atoms with van der Waals surface area (Å²) in [7, 11) is 0. The largest absolute Gasteiger partial charge is 0.321 e. The van der Waals surface area contributed by atoms with Crippen molar-refractivity contribution >= 4 is 52.5 Å². The van der Waals surface area contributed by atoms with Gasteiger partial charge in [-0.3, -0.25) is 19.7 Å². The molecule has 32 heavy (non-hydrogen) atoms. The van der Waals surface area contributed by atoms with Crippen LogP contribution in [0.4, 0.5) is 11.4 Å². The van der Waals surface area contributed by atoms with Crippen molar-refractivity contribution in [2.45, 2.75) is 6.92 Å². The molecule has 0 saturated heterocycles. The van der Waals surface area contributed by atoms with Gasteiger partial charge in [0.25, 0.3) is 17.5 Å². The maximum absolute atomic E-state index is 13.0. The zero-order valence-electron chi connectivity index (χ0n) is 16.8. The first-order valence-corrected chi connectivity index (χ1v) is 10.1. The Hall–Kier alpha value is -3.68. The lowest BCUT2D eigenvalue weighted by molar-refractivity contribution is -0.384. The lowest BCUT2D eigenvalue weighted by Crippen LogP contribution is -2.30. The molecule has 0 saturated carbocycles. The molecule has 0 heterocycles. The van der Waals surface area contributed by atoms with Gasteiger partial charge in [-0.1, -0.05) is 47.5 Å². The molecule has 0 aliphatic carbocycles. The Balaban J connectivity index is 1.95. The van der Waals surface area contributed by atoms with Gasteiger partial charge in [0.1, 0.15) is 5.70 Å². The summed E-state index contributed by atoms with van der Waals surface area (Å²) >= 11 is 12.1. The third-order valence-corrected chi connectivity index (χ3v) is 5.04. The van der Waals surface area contributed by atoms with E-state index in [0.717, 1.165) is 5.56 Å². The van der Waals surface area contributed by atoms with Crippen LogP contribution in [0.5, 0.6) is 0 Å². The fourth-order valence-corrected chi connectivity index (χ4v) is 3.12. The Kier molecular flexibility index (Phi) is 7.25. The molecule has 3 aromatic rings. The van der Waals surface area contributed by atoms with Crippen LogP contribution >= 0.6 is 23.2 Å². The van der Waals surface area contributed by atoms with Crippen molar-refractivity contribution < 1.29 is 14.5 Å². The number of aryl methyl sites for hydroxylation is 1. The van der Waals surface area contributed by atoms with E-state index in [9.17, 15) is 19.7 Å². The zero-order valence-corrected chi connectivity index (χ0v) is 18.3. The number of hydrogen-bond acceptors (Lipinski definition) is 4. The van der Waals surface area contributed by atoms with Crippen molar-refractivity contribution in [3.63, 3.8) is 0 Å². The summed E-state index contributed by atoms with van der Waals surface area (Å²) in [6, 6.07) is 16.9. The molecule has 0 spiro atoms. The fraction of sp³-hybridized carbons (Fsp3) is 0.0435. The Labute approximate surface area is 193 Å². The van der Waals surface area contributed by atoms with Crippen LogP contribution in [0, 0.1) is 17.0 Å². The molecule has 0 unspecified atom stereocenters. The van der Waals surface area contributed by atoms with Gasteiger partial charge >= 0.3 is 0 Å². The van der Waals surface area contributed by atoms with Gasteiger partial charge in [0.15, 0.2) is 0 Å². The summed E-state index contributed by atoms with van der Waals surface area (Å²) in [5, 5.41) is 17.1. The van der Waals surface area contributed by atoms with Crippen LogP contribution < -0.4 is 10.6 Å². The number of nitrogens with zero attached hydrogens (tertiary/aromatic N) is 1. The first-order valence-electron chi connectivity index (χ1n) is 9.33. The second-order valence-corrected chi connectivity index (χ2v) is 7.64. The number of nitro groups is 1. The summed E-state index contributed by atoms with van der Waals surface area (Å²) in [5.41, 5.74) is 1.60. The monoisotopic (exact) mass is 469 g/mol. The molecular formula is C23H17Cl2N3O4. The molecule has 7 nitrogen and oxygen atoms in total. The molecule has 3 aromatic carbocycles. The standard InChI is InChI=1S/C23H17Cl2N3O4/c1-14-8-9-18(13-20(14)25)26-23(30)21(11-15-4-2-7-19(10-15)28(31)32)27-22(29)16-5-3-6-17(24)12-16/h2-13H,1H3,(H,26,30)(H,27,29)/b21-11-. The van der Waals surface area contributed by atoms with E-state index in [1.807, 2.05) is 6.92 Å². The first kappa shape index (κ1) is 23.0. The fourth-order valence-electron chi connectivity index (χ4n) is 2.75. The number of hydrogen-bond donors (Lipinski definition) is 2. The van der Waals surface area contributed by atoms with Crippen molar-refractivity contribution in [3.05, 3.63) is 109 Å². The minimum Gasteiger partial charge on any atom is -0.321 e. The number of amides is 2. The minimum absolute atomic E-state index is 0.118. The summed E-state index contributed by atoms with van der Waals surface area (Å²) in [6.07, 6.45) is 1.35. The highest BCUT2D eigenvalue weighted by molar-refractivity contribution is 6.31. The van der Waals surface area contributed by atoms with E-state index in [1.165, 1.54) is 30.3 Å². The Morgan fingerprint density at radius 2 is 1.75 bits per heavy atom. The number of benzene rings is 3. The molecule has 0 bridgehead atoms. The quantitative estimate of drug-likeness (QED) is 0.277. The zero-order chi connectivity index (χ0) is 23.3. The average molecular weight is 470 g/mol. The van der Waals surface area contributed by atoms with Crippen LogP contribution in [-0.2, 0) is 4.79 Å². The van der Waals surface area contributed by atoms with Crippen LogP contribution in [0.2, 0.25) is 10.0 Å². The average Bonchev–Trinajstić information content (AvgIpc) is 2.76. The Morgan fingerprint density at radius 1 is 1.00 bits per heavy atom. The number of nitro benzene ring substituents is 1. The molecule has 0 radical (unpaired) electrons. The predicted octanol–water partition coefficient (Wildman–Crippen LogP) is 5.62. The molecule has 3 rings (SSSR count). The van der Waals surface area contributed by atoms with Crippen LogP contribution in [0.1, 0.15) is 21.5 Å². The van der Waals surface area contributed by atoms with Crippen molar-refractivity contribution in [3.8, 4) is 0 Å². The molecule has 0 fully saturated rings. The van der Waals surface area contributed by atoms with E-state index in [2.05, 4.69) is 10.6 Å². The second-order valence-electron chi connectivity index (χ2n) is 6.79. The van der Waals surface area contributed by atoms with Crippen molar-refractivity contribution in [2.75, 3.05) is 5.32 Å². The molecular weight excluding hydrogens is 453 g/mol. The van der Waals surface area contributed by atoms with Gasteiger partial charge in [-0.25, -0.2) is 0 Å². The summed E-state index contributed by atoms with van der Waals surface area (Å²) in [4.78, 5) is 36.2. The van der Waals surface area contributed by atoms with E-state index in [-0.39, 0.29) is 16.9 Å². The van der Waals surface area contributed by atoms with Crippen LogP contribution in [0.25, 0.3) is 6.08 Å². The molecule has 2 amide bonds. The van der Waals surface area contributed by atoms with E-state index < -0.39 is 16.7 Å². The SMILES string of the molecule is Cc1ccc(NC(=O)/C(=C/c2cccc([N+](=O)[O-])c2)NC(=O)c2cccc(Cl)c2)cc1Cl. The van der Waals surface area contributed by atoms with Crippen LogP contribution in [0.15, 0.2) is 72.4 Å². The summed E-state index contributed by atoms with van der Waals surface area (Å²) in [5.74, 6) is -1.20. The highest BCUT2D eigenvalue weighted by Crippen LogP contribution is 2.21. The number of anilines is 1. The van der Waals surface area contributed by atoms with Crippen molar-refractivity contribution in [1.29, 1.82) is 0 Å². The lowest BCUT2D eigenvalue weighted by atomic mass is 10.1. The van der Waals surface area contributed by atoms with Crippen molar-refractivity contribution in [1.82, 2.24) is 5.32 Å². The van der Waals surface area contributed by atoms with E-state index in [4.69, 9.17) is 23.2 Å². The van der Waals surface area contributed by atoms with Gasteiger partial charge in [-0.15, -0.1) is 0 Å². The van der Waals surface area contributed by atoms with Crippen LogP contribution in [0.3, 0.4) is 0 Å². The minimum atomic E-state index is -0.633. The van der Waals surface area contributed by atoms with E-state index >= 15 is 0 Å². The highest BCUT2D eigenvalue weighted by Gasteiger charge is 2.16. The Bertz CT molecular complexity index is 1240. The van der Waals surface area contributed by atoms with Crippen molar-refractivity contribution in [2.24, 2.45) is 0 Å². The van der Waals surface area contributed by atoms with Gasteiger partial charge in [0, 0.05) is 33.4 Å². The number of carbonyl (C=O) groups excluding carboxylic acids is 2. The summed E-state index contributed by atoms with van der Waals surface area (Å²) < 4.78 is 0. The number of nitrogens with one attached hydrogen (secondary N) is 2. The van der Waals surface area contributed by atoms with Crippen LogP contribution in [-0.4, -0.2) is 16.7 Å². The molecule has 0 atom stereocenters. The third kappa shape index (κ3) is 5.94. The van der Waals surface area contributed by atoms with Gasteiger partial charge < -0.3 is 10.6 Å².